The van der Waals surface area contributed by atoms with Crippen LogP contribution in [0.4, 0.5) is 0 Å². The molecule has 0 aliphatic heterocycles. The standard InChI is InChI=1S/C18H37NO4S.Na/c1-3-4-5-6-7-8-9-10-11-12-13-14-15-18(20)19(2)16-17-24(21,22)23;/h3-17H2,1-2H3,(H,21,22,23);/q;+1/p-1. The van der Waals surface area contributed by atoms with E-state index in [0.717, 1.165) is 19.3 Å². The van der Waals surface area contributed by atoms with Gasteiger partial charge in [0, 0.05) is 20.0 Å². The van der Waals surface area contributed by atoms with Gasteiger partial charge in [-0.15, -0.1) is 0 Å². The van der Waals surface area contributed by atoms with Gasteiger partial charge in [0.05, 0.1) is 15.9 Å². The molecule has 0 N–H and O–H groups in total. The number of unbranched alkanes of at least 4 members (excludes halogenated alkanes) is 11. The molecule has 0 spiro atoms. The van der Waals surface area contributed by atoms with E-state index < -0.39 is 15.9 Å². The third kappa shape index (κ3) is 20.5. The molecule has 0 aromatic rings. The summed E-state index contributed by atoms with van der Waals surface area (Å²) >= 11 is 0. The van der Waals surface area contributed by atoms with Crippen molar-refractivity contribution < 1.29 is 47.3 Å². The minimum atomic E-state index is -4.24. The molecule has 1 amide bonds. The minimum absolute atomic E-state index is 0. The van der Waals surface area contributed by atoms with E-state index in [1.807, 2.05) is 0 Å². The van der Waals surface area contributed by atoms with Gasteiger partial charge in [0.1, 0.15) is 0 Å². The fraction of sp³-hybridized carbons (Fsp3) is 0.944. The molecule has 0 saturated carbocycles. The predicted octanol–water partition coefficient (Wildman–Crippen LogP) is 1.09. The van der Waals surface area contributed by atoms with Gasteiger partial charge in [0.2, 0.25) is 5.91 Å². The van der Waals surface area contributed by atoms with Crippen LogP contribution in [0.25, 0.3) is 0 Å². The van der Waals surface area contributed by atoms with Gasteiger partial charge in [-0.05, 0) is 6.42 Å². The molecular weight excluding hydrogens is 349 g/mol. The predicted molar refractivity (Wildman–Crippen MR) is 97.9 cm³/mol. The van der Waals surface area contributed by atoms with Crippen LogP contribution >= 0.6 is 0 Å². The SMILES string of the molecule is CCCCCCCCCCCCCCC(=O)N(C)CCS(=O)(=O)[O-].[Na+]. The summed E-state index contributed by atoms with van der Waals surface area (Å²) in [7, 11) is -2.69. The first-order valence-electron chi connectivity index (χ1n) is 9.54. The first-order valence-corrected chi connectivity index (χ1v) is 11.1. The van der Waals surface area contributed by atoms with E-state index in [0.29, 0.717) is 6.42 Å². The molecular formula is C18H36NNaO4S. The second-order valence-electron chi connectivity index (χ2n) is 6.72. The van der Waals surface area contributed by atoms with Crippen molar-refractivity contribution in [1.82, 2.24) is 4.90 Å². The van der Waals surface area contributed by atoms with E-state index in [2.05, 4.69) is 6.92 Å². The van der Waals surface area contributed by atoms with Crippen molar-refractivity contribution in [2.45, 2.75) is 90.4 Å². The number of carbonyl (C=O) groups is 1. The van der Waals surface area contributed by atoms with Gasteiger partial charge in [-0.2, -0.15) is 0 Å². The molecule has 0 bridgehead atoms. The quantitative estimate of drug-likeness (QED) is 0.226. The molecule has 0 aliphatic carbocycles. The summed E-state index contributed by atoms with van der Waals surface area (Å²) in [6.45, 7) is 2.23. The monoisotopic (exact) mass is 385 g/mol. The van der Waals surface area contributed by atoms with Crippen molar-refractivity contribution in [2.75, 3.05) is 19.3 Å². The van der Waals surface area contributed by atoms with Gasteiger partial charge >= 0.3 is 29.6 Å². The average Bonchev–Trinajstić information content (AvgIpc) is 2.52. The molecule has 25 heavy (non-hydrogen) atoms. The van der Waals surface area contributed by atoms with E-state index in [4.69, 9.17) is 0 Å². The maximum atomic E-state index is 11.8. The van der Waals surface area contributed by atoms with Gasteiger partial charge < -0.3 is 9.45 Å². The Bertz CT molecular complexity index is 415. The van der Waals surface area contributed by atoms with Gasteiger partial charge in [-0.25, -0.2) is 8.42 Å². The van der Waals surface area contributed by atoms with Crippen LogP contribution in [0.1, 0.15) is 90.4 Å². The largest absolute Gasteiger partial charge is 1.00 e. The van der Waals surface area contributed by atoms with Gasteiger partial charge in [0.25, 0.3) is 0 Å². The zero-order valence-corrected chi connectivity index (χ0v) is 19.4. The van der Waals surface area contributed by atoms with Crippen LogP contribution in [0.5, 0.6) is 0 Å². The van der Waals surface area contributed by atoms with Crippen LogP contribution in [0.15, 0.2) is 0 Å². The molecule has 0 aromatic carbocycles. The zero-order valence-electron chi connectivity index (χ0n) is 16.6. The molecule has 0 rings (SSSR count). The second-order valence-corrected chi connectivity index (χ2v) is 8.24. The molecule has 0 heterocycles. The molecule has 0 saturated heterocycles. The van der Waals surface area contributed by atoms with Crippen molar-refractivity contribution >= 4 is 16.0 Å². The van der Waals surface area contributed by atoms with E-state index in [1.54, 1.807) is 7.05 Å². The second kappa shape index (κ2) is 17.8. The van der Waals surface area contributed by atoms with Crippen molar-refractivity contribution in [3.05, 3.63) is 0 Å². The fourth-order valence-corrected chi connectivity index (χ4v) is 3.18. The molecule has 144 valence electrons. The Morgan fingerprint density at radius 2 is 1.24 bits per heavy atom. The van der Waals surface area contributed by atoms with Gasteiger partial charge in [-0.3, -0.25) is 4.79 Å². The Labute approximate surface area is 177 Å². The summed E-state index contributed by atoms with van der Waals surface area (Å²) in [5, 5.41) is 0. The minimum Gasteiger partial charge on any atom is -0.748 e. The Balaban J connectivity index is 0. The van der Waals surface area contributed by atoms with Crippen LogP contribution < -0.4 is 29.6 Å². The molecule has 0 atom stereocenters. The van der Waals surface area contributed by atoms with E-state index in [9.17, 15) is 17.8 Å². The number of rotatable bonds is 16. The Morgan fingerprint density at radius 3 is 1.64 bits per heavy atom. The summed E-state index contributed by atoms with van der Waals surface area (Å²) in [4.78, 5) is 13.1. The normalized spacial score (nSPS) is 11.2. The number of hydrogen-bond acceptors (Lipinski definition) is 4. The van der Waals surface area contributed by atoms with Crippen molar-refractivity contribution in [1.29, 1.82) is 0 Å². The van der Waals surface area contributed by atoms with E-state index >= 15 is 0 Å². The average molecular weight is 386 g/mol. The summed E-state index contributed by atoms with van der Waals surface area (Å²) in [5.74, 6) is -0.584. The van der Waals surface area contributed by atoms with Crippen molar-refractivity contribution in [3.8, 4) is 0 Å². The van der Waals surface area contributed by atoms with E-state index in [1.165, 1.54) is 62.7 Å². The van der Waals surface area contributed by atoms with Crippen molar-refractivity contribution in [3.63, 3.8) is 0 Å². The number of amides is 1. The van der Waals surface area contributed by atoms with Crippen LogP contribution in [0.3, 0.4) is 0 Å². The fourth-order valence-electron chi connectivity index (χ4n) is 2.68. The van der Waals surface area contributed by atoms with Gasteiger partial charge in [-0.1, -0.05) is 77.6 Å². The Kier molecular flexibility index (Phi) is 19.6. The van der Waals surface area contributed by atoms with Crippen LogP contribution in [-0.4, -0.2) is 43.1 Å². The number of nitrogens with zero attached hydrogens (tertiary/aromatic N) is 1. The first-order chi connectivity index (χ1) is 11.4. The zero-order chi connectivity index (χ0) is 18.3. The van der Waals surface area contributed by atoms with Crippen LogP contribution in [-0.2, 0) is 14.9 Å². The molecule has 0 aromatic heterocycles. The summed E-state index contributed by atoms with van der Waals surface area (Å²) < 4.78 is 31.6. The smallest absolute Gasteiger partial charge is 0.748 e. The molecule has 0 unspecified atom stereocenters. The maximum Gasteiger partial charge on any atom is 1.00 e. The summed E-state index contributed by atoms with van der Waals surface area (Å²) in [6, 6.07) is 0. The van der Waals surface area contributed by atoms with Gasteiger partial charge in [0.15, 0.2) is 0 Å². The number of hydrogen-bond donors (Lipinski definition) is 0. The van der Waals surface area contributed by atoms with Crippen LogP contribution in [0.2, 0.25) is 0 Å². The Morgan fingerprint density at radius 1 is 0.840 bits per heavy atom. The molecule has 5 nitrogen and oxygen atoms in total. The summed E-state index contributed by atoms with van der Waals surface area (Å²) in [5.41, 5.74) is 0. The third-order valence-corrected chi connectivity index (χ3v) is 5.03. The van der Waals surface area contributed by atoms with Crippen LogP contribution in [0, 0.1) is 0 Å². The molecule has 0 aliphatic rings. The van der Waals surface area contributed by atoms with E-state index in [-0.39, 0.29) is 42.0 Å². The number of carbonyl (C=O) groups excluding carboxylic acids is 1. The topological polar surface area (TPSA) is 77.5 Å². The maximum absolute atomic E-state index is 11.8. The molecule has 7 heteroatoms. The molecule has 0 fully saturated rings. The first kappa shape index (κ1) is 27.6. The van der Waals surface area contributed by atoms with Crippen molar-refractivity contribution in [2.24, 2.45) is 0 Å². The molecule has 0 radical (unpaired) electrons. The summed E-state index contributed by atoms with van der Waals surface area (Å²) in [6.07, 6.45) is 15.4. The Hall–Kier alpha value is 0.380. The third-order valence-electron chi connectivity index (χ3n) is 4.35.